The SMILES string of the molecule is CCC1(CC)C2=N[C@@]3(C=C2)C(CC)(CC)[C@]32C=CC(=N2)C(CC)(CC)c2ccc([nH]2)C(CC)(CC)c2cccc1n2. The van der Waals surface area contributed by atoms with Crippen LogP contribution in [-0.4, -0.2) is 32.5 Å². The van der Waals surface area contributed by atoms with Crippen LogP contribution in [0.4, 0.5) is 0 Å². The number of H-pyrrole nitrogens is 1. The highest BCUT2D eigenvalue weighted by molar-refractivity contribution is 6.09. The zero-order valence-electron chi connectivity index (χ0n) is 26.7. The summed E-state index contributed by atoms with van der Waals surface area (Å²) in [5, 5.41) is 0. The van der Waals surface area contributed by atoms with Crippen molar-refractivity contribution in [1.82, 2.24) is 9.97 Å². The number of rotatable bonds is 8. The molecule has 0 amide bonds. The Hall–Kier alpha value is -2.75. The lowest BCUT2D eigenvalue weighted by Crippen LogP contribution is -2.36. The number of aromatic amines is 1. The number of allylic oxidation sites excluding steroid dienone is 2. The van der Waals surface area contributed by atoms with Gasteiger partial charge in [0.1, 0.15) is 11.1 Å². The normalized spacial score (nSPS) is 28.9. The molecule has 1 fully saturated rings. The van der Waals surface area contributed by atoms with E-state index in [2.05, 4.69) is 115 Å². The summed E-state index contributed by atoms with van der Waals surface area (Å²) in [6.45, 7) is 18.6. The molecule has 0 radical (unpaired) electrons. The van der Waals surface area contributed by atoms with Crippen LogP contribution >= 0.6 is 0 Å². The second kappa shape index (κ2) is 9.38. The van der Waals surface area contributed by atoms with E-state index in [4.69, 9.17) is 15.0 Å². The first-order valence-corrected chi connectivity index (χ1v) is 16.6. The molecule has 218 valence electrons. The molecule has 0 saturated heterocycles. The summed E-state index contributed by atoms with van der Waals surface area (Å²) in [6, 6.07) is 11.5. The Bertz CT molecular complexity index is 1450. The summed E-state index contributed by atoms with van der Waals surface area (Å²) in [5.41, 5.74) is 6.08. The van der Waals surface area contributed by atoms with Gasteiger partial charge in [0.25, 0.3) is 0 Å². The molecule has 4 heteroatoms. The second-order valence-corrected chi connectivity index (χ2v) is 13.0. The van der Waals surface area contributed by atoms with Gasteiger partial charge < -0.3 is 4.98 Å². The lowest BCUT2D eigenvalue weighted by Gasteiger charge is -2.35. The van der Waals surface area contributed by atoms with Crippen LogP contribution in [0, 0.1) is 5.41 Å². The second-order valence-electron chi connectivity index (χ2n) is 13.0. The Morgan fingerprint density at radius 3 is 1.44 bits per heavy atom. The fourth-order valence-electron chi connectivity index (χ4n) is 9.75. The zero-order valence-corrected chi connectivity index (χ0v) is 26.7. The smallest absolute Gasteiger partial charge is 0.117 e. The summed E-state index contributed by atoms with van der Waals surface area (Å²) < 4.78 is 0. The summed E-state index contributed by atoms with van der Waals surface area (Å²) in [7, 11) is 0. The average Bonchev–Trinajstić information content (AvgIpc) is 3.64. The molecule has 0 unspecified atom stereocenters. The van der Waals surface area contributed by atoms with Gasteiger partial charge >= 0.3 is 0 Å². The summed E-state index contributed by atoms with van der Waals surface area (Å²) in [4.78, 5) is 21.2. The van der Waals surface area contributed by atoms with Crippen LogP contribution in [0.25, 0.3) is 0 Å². The van der Waals surface area contributed by atoms with Gasteiger partial charge in [-0.15, -0.1) is 0 Å². The van der Waals surface area contributed by atoms with Crippen LogP contribution in [-0.2, 0) is 16.2 Å². The van der Waals surface area contributed by atoms with Gasteiger partial charge in [0.15, 0.2) is 0 Å². The molecule has 0 aromatic carbocycles. The standard InChI is InChI=1S/C37H50N4/c1-9-32(10-2)26-18-17-19-27(38-26)33(11-3,12-4)30-22-24-36(40-30)35(15-7,16-8)37(36)25-23-31(41-37)34(13-5,14-6)29-21-20-28(32)39-29/h17-25,39H,9-16H2,1-8H3/t36-,37+/m0/s1. The lowest BCUT2D eigenvalue weighted by molar-refractivity contribution is 0.398. The third-order valence-corrected chi connectivity index (χ3v) is 12.8. The van der Waals surface area contributed by atoms with Crippen molar-refractivity contribution in [3.8, 4) is 0 Å². The molecule has 2 aromatic rings. The number of pyridine rings is 1. The Balaban J connectivity index is 1.71. The quantitative estimate of drug-likeness (QED) is 0.350. The third kappa shape index (κ3) is 3.05. The van der Waals surface area contributed by atoms with Crippen LogP contribution in [0.15, 0.2) is 64.6 Å². The minimum Gasteiger partial charge on any atom is -0.361 e. The van der Waals surface area contributed by atoms with Crippen LogP contribution in [0.3, 0.4) is 0 Å². The minimum absolute atomic E-state index is 0.0102. The van der Waals surface area contributed by atoms with Gasteiger partial charge in [-0.05, 0) is 87.8 Å². The number of fused-ring (bicyclic) bond motifs is 4. The van der Waals surface area contributed by atoms with Gasteiger partial charge in [-0.1, -0.05) is 73.6 Å². The van der Waals surface area contributed by atoms with Gasteiger partial charge in [-0.2, -0.15) is 0 Å². The summed E-state index contributed by atoms with van der Waals surface area (Å²) in [6.07, 6.45) is 17.6. The number of nitrogens with zero attached hydrogens (tertiary/aromatic N) is 3. The fourth-order valence-corrected chi connectivity index (χ4v) is 9.75. The van der Waals surface area contributed by atoms with Crippen LogP contribution < -0.4 is 0 Å². The lowest BCUT2D eigenvalue weighted by atomic mass is 9.72. The molecular formula is C37H50N4. The molecule has 2 atom stereocenters. The molecule has 1 saturated carbocycles. The van der Waals surface area contributed by atoms with E-state index in [1.54, 1.807) is 0 Å². The van der Waals surface area contributed by atoms with Crippen molar-refractivity contribution in [2.24, 2.45) is 15.4 Å². The number of aliphatic imine (C=N–C) groups is 2. The molecule has 1 aliphatic carbocycles. The fraction of sp³-hybridized carbons (Fsp3) is 0.595. The molecule has 5 heterocycles. The van der Waals surface area contributed by atoms with Crippen molar-refractivity contribution in [1.29, 1.82) is 0 Å². The van der Waals surface area contributed by atoms with Crippen molar-refractivity contribution in [3.05, 3.63) is 77.4 Å². The van der Waals surface area contributed by atoms with Gasteiger partial charge in [0.2, 0.25) is 0 Å². The molecule has 2 spiro atoms. The highest BCUT2D eigenvalue weighted by Gasteiger charge is 2.86. The minimum atomic E-state index is -0.324. The van der Waals surface area contributed by atoms with E-state index >= 15 is 0 Å². The highest BCUT2D eigenvalue weighted by Crippen LogP contribution is 2.77. The molecular weight excluding hydrogens is 500 g/mol. The molecule has 8 bridgehead atoms. The molecule has 41 heavy (non-hydrogen) atoms. The van der Waals surface area contributed by atoms with Crippen molar-refractivity contribution < 1.29 is 0 Å². The van der Waals surface area contributed by atoms with Crippen molar-refractivity contribution in [2.75, 3.05) is 0 Å². The van der Waals surface area contributed by atoms with Crippen molar-refractivity contribution in [2.45, 2.75) is 134 Å². The van der Waals surface area contributed by atoms with Gasteiger partial charge in [0, 0.05) is 28.2 Å². The number of hydrogen-bond donors (Lipinski definition) is 1. The first kappa shape index (κ1) is 28.4. The molecule has 2 aromatic heterocycles. The number of nitrogens with one attached hydrogen (secondary N) is 1. The van der Waals surface area contributed by atoms with E-state index < -0.39 is 0 Å². The first-order valence-electron chi connectivity index (χ1n) is 16.6. The van der Waals surface area contributed by atoms with Crippen LogP contribution in [0.1, 0.15) is 130 Å². The van der Waals surface area contributed by atoms with Gasteiger partial charge in [0.05, 0.1) is 27.6 Å². The Kier molecular flexibility index (Phi) is 6.49. The summed E-state index contributed by atoms with van der Waals surface area (Å²) >= 11 is 0. The van der Waals surface area contributed by atoms with Gasteiger partial charge in [-0.3, -0.25) is 15.0 Å². The molecule has 3 aliphatic heterocycles. The largest absolute Gasteiger partial charge is 0.361 e. The molecule has 4 aliphatic rings. The summed E-state index contributed by atoms with van der Waals surface area (Å²) in [5.74, 6) is 0. The zero-order chi connectivity index (χ0) is 29.3. The maximum Gasteiger partial charge on any atom is 0.117 e. The van der Waals surface area contributed by atoms with E-state index in [1.165, 1.54) is 28.5 Å². The molecule has 4 nitrogen and oxygen atoms in total. The molecule has 6 rings (SSSR count). The maximum absolute atomic E-state index is 5.81. The van der Waals surface area contributed by atoms with E-state index in [-0.39, 0.29) is 32.7 Å². The maximum atomic E-state index is 5.81. The Morgan fingerprint density at radius 1 is 0.537 bits per heavy atom. The van der Waals surface area contributed by atoms with E-state index in [0.717, 1.165) is 57.1 Å². The van der Waals surface area contributed by atoms with Crippen LogP contribution in [0.2, 0.25) is 0 Å². The van der Waals surface area contributed by atoms with Crippen molar-refractivity contribution in [3.63, 3.8) is 0 Å². The third-order valence-electron chi connectivity index (χ3n) is 12.8. The highest BCUT2D eigenvalue weighted by atomic mass is 15.2. The monoisotopic (exact) mass is 550 g/mol. The number of aromatic nitrogens is 2. The van der Waals surface area contributed by atoms with Gasteiger partial charge in [-0.25, -0.2) is 0 Å². The van der Waals surface area contributed by atoms with E-state index in [0.29, 0.717) is 0 Å². The van der Waals surface area contributed by atoms with E-state index in [1.807, 2.05) is 0 Å². The topological polar surface area (TPSA) is 53.4 Å². The average molecular weight is 551 g/mol. The first-order chi connectivity index (χ1) is 19.8. The number of hydrogen-bond acceptors (Lipinski definition) is 3. The predicted molar refractivity (Wildman–Crippen MR) is 173 cm³/mol. The predicted octanol–water partition coefficient (Wildman–Crippen LogP) is 8.96. The van der Waals surface area contributed by atoms with Crippen molar-refractivity contribution >= 4 is 11.4 Å². The Morgan fingerprint density at radius 2 is 0.976 bits per heavy atom. The van der Waals surface area contributed by atoms with E-state index in [9.17, 15) is 0 Å². The van der Waals surface area contributed by atoms with Crippen LogP contribution in [0.5, 0.6) is 0 Å². The molecule has 1 N–H and O–H groups in total. The Labute approximate surface area is 248 Å².